The Morgan fingerprint density at radius 2 is 1.90 bits per heavy atom. The van der Waals surface area contributed by atoms with Crippen molar-refractivity contribution in [2.24, 2.45) is 0 Å². The molecule has 2 aromatic rings. The van der Waals surface area contributed by atoms with Crippen LogP contribution in [-0.4, -0.2) is 13.2 Å². The molecule has 21 heavy (non-hydrogen) atoms. The van der Waals surface area contributed by atoms with Gasteiger partial charge in [0.05, 0.1) is 10.4 Å². The van der Waals surface area contributed by atoms with Crippen molar-refractivity contribution in [2.45, 2.75) is 26.0 Å². The van der Waals surface area contributed by atoms with Crippen molar-refractivity contribution < 1.29 is 13.5 Å². The van der Waals surface area contributed by atoms with Crippen LogP contribution in [0.5, 0.6) is 5.75 Å². The smallest absolute Gasteiger partial charge is 0.387 e. The van der Waals surface area contributed by atoms with Gasteiger partial charge in [-0.15, -0.1) is 11.3 Å². The first-order valence-corrected chi connectivity index (χ1v) is 7.83. The Bertz CT molecular complexity index is 559. The second-order valence-corrected chi connectivity index (χ2v) is 6.22. The van der Waals surface area contributed by atoms with Gasteiger partial charge in [0.15, 0.2) is 0 Å². The van der Waals surface area contributed by atoms with Crippen molar-refractivity contribution in [1.29, 1.82) is 0 Å². The van der Waals surface area contributed by atoms with Crippen LogP contribution in [0, 0.1) is 0 Å². The molecule has 1 unspecified atom stereocenters. The van der Waals surface area contributed by atoms with Gasteiger partial charge in [0.25, 0.3) is 0 Å². The fraction of sp³-hybridized carbons (Fsp3) is 0.333. The molecule has 1 heterocycles. The van der Waals surface area contributed by atoms with E-state index in [2.05, 4.69) is 17.0 Å². The third-order valence-corrected chi connectivity index (χ3v) is 4.21. The molecule has 0 fully saturated rings. The number of thiophene rings is 1. The number of halogens is 3. The van der Waals surface area contributed by atoms with Crippen LogP contribution in [0.2, 0.25) is 4.34 Å². The second kappa shape index (κ2) is 7.73. The van der Waals surface area contributed by atoms with Gasteiger partial charge in [0.1, 0.15) is 5.75 Å². The number of benzene rings is 1. The molecule has 0 saturated carbocycles. The molecule has 0 saturated heterocycles. The van der Waals surface area contributed by atoms with E-state index in [4.69, 9.17) is 11.6 Å². The molecule has 2 rings (SSSR count). The first-order chi connectivity index (χ1) is 10.1. The zero-order chi connectivity index (χ0) is 15.2. The summed E-state index contributed by atoms with van der Waals surface area (Å²) >= 11 is 7.50. The molecular weight excluding hydrogens is 316 g/mol. The van der Waals surface area contributed by atoms with Crippen LogP contribution < -0.4 is 10.1 Å². The van der Waals surface area contributed by atoms with Crippen LogP contribution in [-0.2, 0) is 0 Å². The third kappa shape index (κ3) is 4.66. The lowest BCUT2D eigenvalue weighted by molar-refractivity contribution is -0.0498. The number of ether oxygens (including phenoxy) is 1. The molecule has 0 spiro atoms. The molecule has 1 atom stereocenters. The number of nitrogens with one attached hydrogen (secondary N) is 1. The van der Waals surface area contributed by atoms with Gasteiger partial charge in [0, 0.05) is 4.88 Å². The maximum absolute atomic E-state index is 12.2. The van der Waals surface area contributed by atoms with E-state index in [0.29, 0.717) is 0 Å². The molecule has 1 aromatic heterocycles. The van der Waals surface area contributed by atoms with E-state index >= 15 is 0 Å². The summed E-state index contributed by atoms with van der Waals surface area (Å²) in [4.78, 5) is 1.09. The standard InChI is InChI=1S/C15H16ClF2NOS/c1-2-9-19-14(12-7-8-13(16)21-12)10-3-5-11(6-4-10)20-15(17)18/h3-8,14-15,19H,2,9H2,1H3. The van der Waals surface area contributed by atoms with E-state index in [9.17, 15) is 8.78 Å². The fourth-order valence-electron chi connectivity index (χ4n) is 2.00. The largest absolute Gasteiger partial charge is 0.435 e. The molecule has 2 nitrogen and oxygen atoms in total. The SMILES string of the molecule is CCCNC(c1ccc(OC(F)F)cc1)c1ccc(Cl)s1. The summed E-state index contributed by atoms with van der Waals surface area (Å²) in [5, 5.41) is 3.44. The predicted octanol–water partition coefficient (Wildman–Crippen LogP) is 5.09. The van der Waals surface area contributed by atoms with Crippen molar-refractivity contribution in [3.63, 3.8) is 0 Å². The van der Waals surface area contributed by atoms with Gasteiger partial charge in [-0.05, 0) is 42.8 Å². The van der Waals surface area contributed by atoms with E-state index in [1.807, 2.05) is 12.1 Å². The number of hydrogen-bond donors (Lipinski definition) is 1. The Labute approximate surface area is 131 Å². The monoisotopic (exact) mass is 331 g/mol. The lowest BCUT2D eigenvalue weighted by atomic mass is 10.1. The van der Waals surface area contributed by atoms with Gasteiger partial charge in [-0.1, -0.05) is 30.7 Å². The Morgan fingerprint density at radius 3 is 2.43 bits per heavy atom. The highest BCUT2D eigenvalue weighted by molar-refractivity contribution is 7.16. The average Bonchev–Trinajstić information content (AvgIpc) is 2.87. The summed E-state index contributed by atoms with van der Waals surface area (Å²) < 4.78 is 29.4. The highest BCUT2D eigenvalue weighted by Crippen LogP contribution is 2.31. The zero-order valence-corrected chi connectivity index (χ0v) is 13.1. The molecule has 0 amide bonds. The summed E-state index contributed by atoms with van der Waals surface area (Å²) in [7, 11) is 0. The minimum absolute atomic E-state index is 0.00282. The number of alkyl halides is 2. The van der Waals surface area contributed by atoms with Crippen molar-refractivity contribution in [3.05, 3.63) is 51.2 Å². The van der Waals surface area contributed by atoms with Crippen LogP contribution in [0.3, 0.4) is 0 Å². The van der Waals surface area contributed by atoms with E-state index in [-0.39, 0.29) is 11.8 Å². The van der Waals surface area contributed by atoms with Gasteiger partial charge in [-0.2, -0.15) is 8.78 Å². The van der Waals surface area contributed by atoms with Crippen molar-refractivity contribution >= 4 is 22.9 Å². The molecule has 114 valence electrons. The highest BCUT2D eigenvalue weighted by Gasteiger charge is 2.16. The maximum Gasteiger partial charge on any atom is 0.387 e. The lowest BCUT2D eigenvalue weighted by Gasteiger charge is -2.18. The quantitative estimate of drug-likeness (QED) is 0.762. The average molecular weight is 332 g/mol. The lowest BCUT2D eigenvalue weighted by Crippen LogP contribution is -2.22. The van der Waals surface area contributed by atoms with Gasteiger partial charge < -0.3 is 10.1 Å². The fourth-order valence-corrected chi connectivity index (χ4v) is 3.16. The second-order valence-electron chi connectivity index (χ2n) is 4.48. The van der Waals surface area contributed by atoms with E-state index < -0.39 is 6.61 Å². The molecule has 6 heteroatoms. The molecule has 0 radical (unpaired) electrons. The minimum Gasteiger partial charge on any atom is -0.435 e. The first kappa shape index (κ1) is 16.2. The molecule has 1 aromatic carbocycles. The molecule has 0 aliphatic carbocycles. The molecule has 0 aliphatic heterocycles. The summed E-state index contributed by atoms with van der Waals surface area (Å²) in [5.74, 6) is 0.159. The first-order valence-electron chi connectivity index (χ1n) is 6.63. The normalized spacial score (nSPS) is 12.6. The van der Waals surface area contributed by atoms with Crippen LogP contribution in [0.15, 0.2) is 36.4 Å². The van der Waals surface area contributed by atoms with Crippen molar-refractivity contribution in [2.75, 3.05) is 6.54 Å². The van der Waals surface area contributed by atoms with Crippen molar-refractivity contribution in [1.82, 2.24) is 5.32 Å². The zero-order valence-electron chi connectivity index (χ0n) is 11.5. The van der Waals surface area contributed by atoms with Gasteiger partial charge in [-0.3, -0.25) is 0 Å². The van der Waals surface area contributed by atoms with Gasteiger partial charge >= 0.3 is 6.61 Å². The van der Waals surface area contributed by atoms with Crippen LogP contribution >= 0.6 is 22.9 Å². The molecule has 0 aliphatic rings. The predicted molar refractivity (Wildman–Crippen MR) is 82.5 cm³/mol. The molecule has 0 bridgehead atoms. The summed E-state index contributed by atoms with van der Waals surface area (Å²) in [6, 6.07) is 10.5. The summed E-state index contributed by atoms with van der Waals surface area (Å²) in [6.45, 7) is 0.140. The molecular formula is C15H16ClF2NOS. The Kier molecular flexibility index (Phi) is 5.96. The van der Waals surface area contributed by atoms with Crippen LogP contribution in [0.4, 0.5) is 8.78 Å². The van der Waals surface area contributed by atoms with Crippen LogP contribution in [0.25, 0.3) is 0 Å². The van der Waals surface area contributed by atoms with Gasteiger partial charge in [-0.25, -0.2) is 0 Å². The highest BCUT2D eigenvalue weighted by atomic mass is 35.5. The van der Waals surface area contributed by atoms with E-state index in [1.165, 1.54) is 11.3 Å². The number of hydrogen-bond acceptors (Lipinski definition) is 3. The van der Waals surface area contributed by atoms with Crippen LogP contribution in [0.1, 0.15) is 29.8 Å². The Balaban J connectivity index is 2.20. The van der Waals surface area contributed by atoms with E-state index in [0.717, 1.165) is 27.7 Å². The summed E-state index contributed by atoms with van der Waals surface area (Å²) in [5.41, 5.74) is 0.989. The minimum atomic E-state index is -2.80. The Hall–Kier alpha value is -1.17. The van der Waals surface area contributed by atoms with E-state index in [1.54, 1.807) is 24.3 Å². The van der Waals surface area contributed by atoms with Crippen molar-refractivity contribution in [3.8, 4) is 5.75 Å². The molecule has 1 N–H and O–H groups in total. The maximum atomic E-state index is 12.2. The Morgan fingerprint density at radius 1 is 1.19 bits per heavy atom. The topological polar surface area (TPSA) is 21.3 Å². The number of rotatable bonds is 7. The third-order valence-electron chi connectivity index (χ3n) is 2.92. The van der Waals surface area contributed by atoms with Gasteiger partial charge in [0.2, 0.25) is 0 Å². The summed E-state index contributed by atoms with van der Waals surface area (Å²) in [6.07, 6.45) is 1.00.